The third-order valence-corrected chi connectivity index (χ3v) is 15.0. The lowest BCUT2D eigenvalue weighted by Gasteiger charge is -2.75. The van der Waals surface area contributed by atoms with E-state index >= 15 is 0 Å². The zero-order valence-corrected chi connectivity index (χ0v) is 27.2. The van der Waals surface area contributed by atoms with Crippen molar-refractivity contribution < 1.29 is 9.90 Å². The Kier molecular flexibility index (Phi) is 7.06. The van der Waals surface area contributed by atoms with Crippen molar-refractivity contribution in [3.8, 4) is 0 Å². The molecule has 0 heterocycles. The normalized spacial score (nSPS) is 47.3. The number of benzene rings is 1. The Balaban J connectivity index is 1.33. The first-order chi connectivity index (χ1) is 19.6. The zero-order chi connectivity index (χ0) is 30.3. The molecule has 5 heteroatoms. The lowest BCUT2D eigenvalue weighted by atomic mass is 9.31. The fourth-order valence-electron chi connectivity index (χ4n) is 12.6. The predicted octanol–water partition coefficient (Wildman–Crippen LogP) is 7.34. The van der Waals surface area contributed by atoms with E-state index in [9.17, 15) is 9.90 Å². The first-order valence-corrected chi connectivity index (χ1v) is 16.9. The van der Waals surface area contributed by atoms with Gasteiger partial charge in [0, 0.05) is 23.5 Å². The molecule has 1 aromatic carbocycles. The van der Waals surface area contributed by atoms with Gasteiger partial charge in [-0.2, -0.15) is 0 Å². The van der Waals surface area contributed by atoms with E-state index < -0.39 is 0 Å². The second-order valence-electron chi connectivity index (χ2n) is 16.8. The molecule has 232 valence electrons. The molecule has 0 spiro atoms. The third-order valence-electron chi connectivity index (χ3n) is 15.0. The molecule has 0 aliphatic heterocycles. The summed E-state index contributed by atoms with van der Waals surface area (Å²) in [4.78, 5) is 13.5. The maximum atomic E-state index is 13.5. The van der Waals surface area contributed by atoms with Crippen molar-refractivity contribution in [2.75, 3.05) is 0 Å². The van der Waals surface area contributed by atoms with Crippen molar-refractivity contribution in [3.63, 3.8) is 0 Å². The van der Waals surface area contributed by atoms with Crippen molar-refractivity contribution >= 4 is 6.03 Å². The molecule has 1 aromatic rings. The molecular formula is C37H57N3O2. The van der Waals surface area contributed by atoms with E-state index in [0.717, 1.165) is 56.9 Å². The molecule has 0 radical (unpaired) electrons. The highest BCUT2D eigenvalue weighted by molar-refractivity contribution is 5.75. The molecule has 5 aliphatic rings. The summed E-state index contributed by atoms with van der Waals surface area (Å²) in [6, 6.07) is 10.1. The number of hydrogen-bond acceptors (Lipinski definition) is 3. The van der Waals surface area contributed by atoms with Gasteiger partial charge in [0.05, 0.1) is 6.10 Å². The molecule has 5 nitrogen and oxygen atoms in total. The van der Waals surface area contributed by atoms with Crippen LogP contribution in [-0.4, -0.2) is 28.3 Å². The van der Waals surface area contributed by atoms with E-state index in [1.54, 1.807) is 0 Å². The SMILES string of the molecule is C=C(C)[C@@H]1CCC2(NC(=O)NCc3ccccc3)CC[C@@]3(C)C4(C)CC[C@H]5C(C)(C)C(O)CCC5(C)[C@H]4CCC3(N)[C@@H]12. The summed E-state index contributed by atoms with van der Waals surface area (Å²) < 4.78 is 0. The van der Waals surface area contributed by atoms with E-state index in [4.69, 9.17) is 5.73 Å². The van der Waals surface area contributed by atoms with Crippen LogP contribution in [0.4, 0.5) is 4.79 Å². The number of nitrogens with two attached hydrogens (primary N) is 1. The van der Waals surface area contributed by atoms with Gasteiger partial charge in [-0.05, 0) is 116 Å². The van der Waals surface area contributed by atoms with E-state index in [1.807, 2.05) is 18.2 Å². The second-order valence-corrected chi connectivity index (χ2v) is 16.8. The molecular weight excluding hydrogens is 518 g/mol. The predicted molar refractivity (Wildman–Crippen MR) is 171 cm³/mol. The molecule has 6 rings (SSSR count). The van der Waals surface area contributed by atoms with Crippen molar-refractivity contribution in [1.29, 1.82) is 0 Å². The Morgan fingerprint density at radius 1 is 0.929 bits per heavy atom. The van der Waals surface area contributed by atoms with Crippen molar-refractivity contribution in [3.05, 3.63) is 48.0 Å². The first kappa shape index (κ1) is 30.2. The topological polar surface area (TPSA) is 87.4 Å². The maximum Gasteiger partial charge on any atom is 0.315 e. The minimum atomic E-state index is -0.379. The molecule has 5 unspecified atom stereocenters. The molecule has 42 heavy (non-hydrogen) atoms. The fourth-order valence-corrected chi connectivity index (χ4v) is 12.6. The highest BCUT2D eigenvalue weighted by Crippen LogP contribution is 2.76. The largest absolute Gasteiger partial charge is 0.393 e. The van der Waals surface area contributed by atoms with Crippen LogP contribution in [0.5, 0.6) is 0 Å². The molecule has 0 aromatic heterocycles. The van der Waals surface area contributed by atoms with Crippen molar-refractivity contribution in [2.24, 2.45) is 51.1 Å². The summed E-state index contributed by atoms with van der Waals surface area (Å²) in [6.07, 6.45) is 10.3. The van der Waals surface area contributed by atoms with Gasteiger partial charge in [0.25, 0.3) is 0 Å². The van der Waals surface area contributed by atoms with Crippen LogP contribution in [0.15, 0.2) is 42.5 Å². The Morgan fingerprint density at radius 3 is 2.31 bits per heavy atom. The van der Waals surface area contributed by atoms with E-state index in [0.29, 0.717) is 24.3 Å². The van der Waals surface area contributed by atoms with E-state index in [2.05, 4.69) is 70.9 Å². The van der Waals surface area contributed by atoms with Crippen LogP contribution in [0.25, 0.3) is 0 Å². The van der Waals surface area contributed by atoms with Gasteiger partial charge in [0.2, 0.25) is 0 Å². The summed E-state index contributed by atoms with van der Waals surface area (Å²) >= 11 is 0. The number of urea groups is 1. The van der Waals surface area contributed by atoms with Gasteiger partial charge in [0.15, 0.2) is 0 Å². The van der Waals surface area contributed by atoms with Gasteiger partial charge in [-0.3, -0.25) is 0 Å². The Hall–Kier alpha value is -1.85. The van der Waals surface area contributed by atoms with Crippen LogP contribution in [0.3, 0.4) is 0 Å². The number of carbonyl (C=O) groups excluding carboxylic acids is 1. The maximum absolute atomic E-state index is 13.5. The van der Waals surface area contributed by atoms with E-state index in [-0.39, 0.29) is 50.8 Å². The summed E-state index contributed by atoms with van der Waals surface area (Å²) in [6.45, 7) is 19.5. The number of hydrogen-bond donors (Lipinski definition) is 4. The van der Waals surface area contributed by atoms with Crippen LogP contribution in [0, 0.1) is 45.3 Å². The molecule has 5 saturated carbocycles. The van der Waals surface area contributed by atoms with Gasteiger partial charge in [-0.15, -0.1) is 0 Å². The van der Waals surface area contributed by atoms with Crippen LogP contribution in [-0.2, 0) is 6.54 Å². The number of fused-ring (bicyclic) bond motifs is 7. The van der Waals surface area contributed by atoms with Crippen molar-refractivity contribution in [2.45, 2.75) is 129 Å². The number of carbonyl (C=O) groups is 1. The summed E-state index contributed by atoms with van der Waals surface area (Å²) in [5.74, 6) is 1.63. The van der Waals surface area contributed by atoms with Gasteiger partial charge in [0.1, 0.15) is 0 Å². The smallest absolute Gasteiger partial charge is 0.315 e. The average Bonchev–Trinajstić information content (AvgIpc) is 3.33. The number of aliphatic hydroxyl groups excluding tert-OH is 1. The van der Waals surface area contributed by atoms with Crippen LogP contribution in [0.1, 0.15) is 111 Å². The lowest BCUT2D eigenvalue weighted by molar-refractivity contribution is -0.249. The molecule has 5 N–H and O–H groups in total. The van der Waals surface area contributed by atoms with E-state index in [1.165, 1.54) is 18.4 Å². The highest BCUT2D eigenvalue weighted by atomic mass is 16.3. The number of aliphatic hydroxyl groups is 1. The number of rotatable bonds is 4. The monoisotopic (exact) mass is 575 g/mol. The quantitative estimate of drug-likeness (QED) is 0.283. The molecule has 10 atom stereocenters. The fraction of sp³-hybridized carbons (Fsp3) is 0.757. The summed E-state index contributed by atoms with van der Waals surface area (Å²) in [7, 11) is 0. The van der Waals surface area contributed by atoms with Crippen LogP contribution < -0.4 is 16.4 Å². The lowest BCUT2D eigenvalue weighted by Crippen LogP contribution is -2.79. The highest BCUT2D eigenvalue weighted by Gasteiger charge is 2.75. The molecule has 5 aliphatic carbocycles. The number of allylic oxidation sites excluding steroid dienone is 1. The van der Waals surface area contributed by atoms with Gasteiger partial charge < -0.3 is 21.5 Å². The second kappa shape index (κ2) is 9.83. The van der Waals surface area contributed by atoms with Crippen LogP contribution >= 0.6 is 0 Å². The minimum absolute atomic E-state index is 0.0362. The summed E-state index contributed by atoms with van der Waals surface area (Å²) in [5.41, 5.74) is 9.84. The third kappa shape index (κ3) is 3.97. The molecule has 5 fully saturated rings. The van der Waals surface area contributed by atoms with Gasteiger partial charge in [-0.25, -0.2) is 4.79 Å². The standard InChI is InChI=1S/C37H57N3O2/c1-24(2)26-13-19-36(40-31(42)39-23-25-11-9-8-10-12-25)22-21-35(7)34(6)18-14-27-32(3,4)29(41)16-17-33(27,5)28(34)15-20-37(35,38)30(26)36/h8-12,26-30,41H,1,13-23,38H2,2-7H3,(H2,39,40,42)/t26-,27-,28+,29?,30-,33?,34?,35-,36?,37?/m0/s1. The summed E-state index contributed by atoms with van der Waals surface area (Å²) in [5, 5.41) is 17.8. The minimum Gasteiger partial charge on any atom is -0.393 e. The zero-order valence-electron chi connectivity index (χ0n) is 27.2. The van der Waals surface area contributed by atoms with Crippen molar-refractivity contribution in [1.82, 2.24) is 10.6 Å². The van der Waals surface area contributed by atoms with Crippen LogP contribution in [0.2, 0.25) is 0 Å². The molecule has 2 amide bonds. The number of nitrogens with one attached hydrogen (secondary N) is 2. The first-order valence-electron chi connectivity index (χ1n) is 16.9. The van der Waals surface area contributed by atoms with Gasteiger partial charge >= 0.3 is 6.03 Å². The Labute approximate surface area is 254 Å². The molecule has 0 saturated heterocycles. The molecule has 0 bridgehead atoms. The Morgan fingerprint density at radius 2 is 1.62 bits per heavy atom. The number of amides is 2. The average molecular weight is 576 g/mol. The Bertz CT molecular complexity index is 1230. The van der Waals surface area contributed by atoms with Gasteiger partial charge in [-0.1, -0.05) is 77.1 Å².